The topological polar surface area (TPSA) is 54.6 Å². The Bertz CT molecular complexity index is 852. The monoisotopic (exact) mass is 440 g/mol. The number of carbonyl (C=O) groups is 1. The van der Waals surface area contributed by atoms with E-state index in [0.717, 1.165) is 59.4 Å². The van der Waals surface area contributed by atoms with Gasteiger partial charge in [0.25, 0.3) is 0 Å². The molecular formula is C27H40N2O3. The van der Waals surface area contributed by atoms with E-state index < -0.39 is 0 Å². The lowest BCUT2D eigenvalue weighted by Gasteiger charge is -2.24. The van der Waals surface area contributed by atoms with Gasteiger partial charge < -0.3 is 19.4 Å². The number of nitrogens with one attached hydrogen (secondary N) is 1. The van der Waals surface area contributed by atoms with Crippen molar-refractivity contribution in [2.45, 2.75) is 97.3 Å². The number of H-pyrrole nitrogens is 1. The molecule has 3 rings (SSSR count). The van der Waals surface area contributed by atoms with E-state index in [-0.39, 0.29) is 12.7 Å². The number of amides is 1. The zero-order chi connectivity index (χ0) is 23.1. The Kier molecular flexibility index (Phi) is 8.66. The van der Waals surface area contributed by atoms with Crippen LogP contribution in [0.3, 0.4) is 0 Å². The van der Waals surface area contributed by atoms with Gasteiger partial charge in [0.15, 0.2) is 0 Å². The summed E-state index contributed by atoms with van der Waals surface area (Å²) < 4.78 is 11.9. The van der Waals surface area contributed by atoms with Crippen LogP contribution in [0.5, 0.6) is 0 Å². The molecular weight excluding hydrogens is 400 g/mol. The number of allylic oxidation sites excluding steroid dienone is 4. The number of hydrogen-bond acceptors (Lipinski definition) is 3. The number of rotatable bonds is 8. The number of hydrogen-bond donors (Lipinski definition) is 1. The summed E-state index contributed by atoms with van der Waals surface area (Å²) in [5, 5.41) is 0. The number of nitrogens with zero attached hydrogens (tertiary/aromatic N) is 1. The standard InChI is InChI=1S/C27H40N2O3/c1-19(2)25(32-23-13-7-6-8-14-23)16-15-20(3)26-24(21(4)17-28-26)18-31-27(30)29(5)22-11-9-10-12-22/h15-17,22-23,28H,1,6-14,18H2,2-5H3/b20-15+,25-16+. The van der Waals surface area contributed by atoms with Crippen LogP contribution in [0.15, 0.2) is 36.3 Å². The highest BCUT2D eigenvalue weighted by atomic mass is 16.6. The molecule has 1 amide bonds. The summed E-state index contributed by atoms with van der Waals surface area (Å²) >= 11 is 0. The maximum Gasteiger partial charge on any atom is 0.410 e. The number of aromatic amines is 1. The van der Waals surface area contributed by atoms with Crippen LogP contribution in [0, 0.1) is 6.92 Å². The van der Waals surface area contributed by atoms with E-state index in [1.54, 1.807) is 4.90 Å². The molecule has 0 atom stereocenters. The largest absolute Gasteiger partial charge is 0.490 e. The molecule has 0 radical (unpaired) electrons. The SMILES string of the molecule is C=C(C)/C(=C\C=C(/C)c1[nH]cc(C)c1COC(=O)N(C)C1CCCC1)OC1CCCCC1. The van der Waals surface area contributed by atoms with Gasteiger partial charge in [-0.15, -0.1) is 0 Å². The fourth-order valence-corrected chi connectivity index (χ4v) is 4.69. The van der Waals surface area contributed by atoms with Gasteiger partial charge in [-0.2, -0.15) is 0 Å². The fraction of sp³-hybridized carbons (Fsp3) is 0.593. The molecule has 1 aromatic heterocycles. The first-order valence-electron chi connectivity index (χ1n) is 12.1. The van der Waals surface area contributed by atoms with Crippen molar-refractivity contribution < 1.29 is 14.3 Å². The van der Waals surface area contributed by atoms with Crippen LogP contribution in [0.1, 0.15) is 88.5 Å². The minimum atomic E-state index is -0.240. The molecule has 1 heterocycles. The third-order valence-electron chi connectivity index (χ3n) is 6.86. The van der Waals surface area contributed by atoms with Gasteiger partial charge in [0, 0.05) is 30.5 Å². The third-order valence-corrected chi connectivity index (χ3v) is 6.86. The molecule has 2 saturated carbocycles. The third kappa shape index (κ3) is 6.30. The number of aromatic nitrogens is 1. The normalized spacial score (nSPS) is 18.6. The summed E-state index contributed by atoms with van der Waals surface area (Å²) in [6.45, 7) is 10.5. The Balaban J connectivity index is 1.67. The summed E-state index contributed by atoms with van der Waals surface area (Å²) in [4.78, 5) is 17.7. The molecule has 2 aliphatic rings. The second-order valence-electron chi connectivity index (χ2n) is 9.47. The first-order chi connectivity index (χ1) is 15.4. The molecule has 0 bridgehead atoms. The highest BCUT2D eigenvalue weighted by molar-refractivity contribution is 5.69. The van der Waals surface area contributed by atoms with Gasteiger partial charge in [0.2, 0.25) is 0 Å². The van der Waals surface area contributed by atoms with Gasteiger partial charge in [0.05, 0.1) is 6.10 Å². The van der Waals surface area contributed by atoms with Crippen LogP contribution < -0.4 is 0 Å². The van der Waals surface area contributed by atoms with Gasteiger partial charge >= 0.3 is 6.09 Å². The van der Waals surface area contributed by atoms with E-state index in [1.165, 1.54) is 32.1 Å². The van der Waals surface area contributed by atoms with Crippen LogP contribution in [0.2, 0.25) is 0 Å². The van der Waals surface area contributed by atoms with Crippen molar-refractivity contribution in [1.29, 1.82) is 0 Å². The second-order valence-corrected chi connectivity index (χ2v) is 9.47. The first kappa shape index (κ1) is 24.2. The smallest absolute Gasteiger partial charge is 0.410 e. The Morgan fingerprint density at radius 1 is 1.12 bits per heavy atom. The van der Waals surface area contributed by atoms with E-state index >= 15 is 0 Å². The lowest BCUT2D eigenvalue weighted by atomic mass is 9.97. The van der Waals surface area contributed by atoms with Gasteiger partial charge in [-0.1, -0.05) is 31.9 Å². The molecule has 2 fully saturated rings. The summed E-state index contributed by atoms with van der Waals surface area (Å²) in [6, 6.07) is 0.311. The van der Waals surface area contributed by atoms with E-state index in [0.29, 0.717) is 12.1 Å². The Morgan fingerprint density at radius 3 is 2.44 bits per heavy atom. The summed E-state index contributed by atoms with van der Waals surface area (Å²) in [5.74, 6) is 0.852. The molecule has 32 heavy (non-hydrogen) atoms. The van der Waals surface area contributed by atoms with Crippen LogP contribution in [-0.2, 0) is 16.1 Å². The van der Waals surface area contributed by atoms with Crippen molar-refractivity contribution in [3.05, 3.63) is 53.1 Å². The van der Waals surface area contributed by atoms with Gasteiger partial charge in [-0.3, -0.25) is 0 Å². The minimum absolute atomic E-state index is 0.240. The Hall–Kier alpha value is -2.43. The van der Waals surface area contributed by atoms with Crippen LogP contribution in [-0.4, -0.2) is 35.2 Å². The van der Waals surface area contributed by atoms with E-state index in [9.17, 15) is 4.79 Å². The fourth-order valence-electron chi connectivity index (χ4n) is 4.69. The van der Waals surface area contributed by atoms with Crippen molar-refractivity contribution in [1.82, 2.24) is 9.88 Å². The van der Waals surface area contributed by atoms with Crippen molar-refractivity contribution >= 4 is 11.7 Å². The average molecular weight is 441 g/mol. The lowest BCUT2D eigenvalue weighted by Crippen LogP contribution is -2.35. The molecule has 0 saturated heterocycles. The summed E-state index contributed by atoms with van der Waals surface area (Å²) in [7, 11) is 1.85. The zero-order valence-electron chi connectivity index (χ0n) is 20.3. The van der Waals surface area contributed by atoms with Gasteiger partial charge in [0.1, 0.15) is 12.4 Å². The molecule has 0 unspecified atom stereocenters. The molecule has 0 spiro atoms. The Morgan fingerprint density at radius 2 is 1.78 bits per heavy atom. The van der Waals surface area contributed by atoms with Crippen molar-refractivity contribution in [3.63, 3.8) is 0 Å². The quantitative estimate of drug-likeness (QED) is 0.348. The van der Waals surface area contributed by atoms with Crippen LogP contribution in [0.25, 0.3) is 5.57 Å². The second kappa shape index (κ2) is 11.4. The van der Waals surface area contributed by atoms with Crippen molar-refractivity contribution in [2.75, 3.05) is 7.05 Å². The zero-order valence-corrected chi connectivity index (χ0v) is 20.3. The molecule has 5 nitrogen and oxygen atoms in total. The predicted molar refractivity (Wildman–Crippen MR) is 130 cm³/mol. The molecule has 2 aliphatic carbocycles. The molecule has 176 valence electrons. The summed E-state index contributed by atoms with van der Waals surface area (Å²) in [6.07, 6.45) is 16.7. The minimum Gasteiger partial charge on any atom is -0.490 e. The van der Waals surface area contributed by atoms with Crippen LogP contribution in [0.4, 0.5) is 4.79 Å². The number of ether oxygens (including phenoxy) is 2. The van der Waals surface area contributed by atoms with Crippen molar-refractivity contribution in [3.8, 4) is 0 Å². The predicted octanol–water partition coefficient (Wildman–Crippen LogP) is 7.05. The molecule has 1 N–H and O–H groups in total. The molecule has 5 heteroatoms. The Labute approximate surface area is 193 Å². The first-order valence-corrected chi connectivity index (χ1v) is 12.1. The van der Waals surface area contributed by atoms with E-state index in [1.807, 2.05) is 33.2 Å². The average Bonchev–Trinajstić information content (AvgIpc) is 3.45. The lowest BCUT2D eigenvalue weighted by molar-refractivity contribution is 0.0876. The van der Waals surface area contributed by atoms with Gasteiger partial charge in [-0.25, -0.2) is 4.79 Å². The number of carbonyl (C=O) groups excluding carboxylic acids is 1. The molecule has 1 aromatic rings. The summed E-state index contributed by atoms with van der Waals surface area (Å²) in [5.41, 5.74) is 5.11. The maximum atomic E-state index is 12.5. The highest BCUT2D eigenvalue weighted by Gasteiger charge is 2.25. The van der Waals surface area contributed by atoms with Crippen molar-refractivity contribution in [2.24, 2.45) is 0 Å². The van der Waals surface area contributed by atoms with E-state index in [4.69, 9.17) is 9.47 Å². The van der Waals surface area contributed by atoms with Crippen LogP contribution >= 0.6 is 0 Å². The maximum absolute atomic E-state index is 12.5. The number of aryl methyl sites for hydroxylation is 1. The highest BCUT2D eigenvalue weighted by Crippen LogP contribution is 2.27. The molecule has 0 aliphatic heterocycles. The van der Waals surface area contributed by atoms with E-state index in [2.05, 4.69) is 24.6 Å². The van der Waals surface area contributed by atoms with Gasteiger partial charge in [-0.05, 0) is 82.1 Å². The molecule has 0 aromatic carbocycles.